The van der Waals surface area contributed by atoms with Crippen molar-refractivity contribution in [2.45, 2.75) is 12.5 Å². The van der Waals surface area contributed by atoms with Gasteiger partial charge >= 0.3 is 12.0 Å². The van der Waals surface area contributed by atoms with Crippen molar-refractivity contribution in [3.8, 4) is 0 Å². The number of aromatic nitrogens is 2. The number of primary amides is 1. The van der Waals surface area contributed by atoms with Crippen LogP contribution in [0.3, 0.4) is 0 Å². The Hall–Kier alpha value is -2.05. The van der Waals surface area contributed by atoms with Crippen LogP contribution >= 0.6 is 0 Å². The first kappa shape index (κ1) is 10.0. The molecule has 2 amide bonds. The van der Waals surface area contributed by atoms with Crippen molar-refractivity contribution in [3.63, 3.8) is 0 Å². The van der Waals surface area contributed by atoms with Gasteiger partial charge < -0.3 is 21.1 Å². The van der Waals surface area contributed by atoms with Gasteiger partial charge in [0.05, 0.1) is 6.33 Å². The zero-order valence-corrected chi connectivity index (χ0v) is 7.23. The van der Waals surface area contributed by atoms with E-state index in [2.05, 4.69) is 15.3 Å². The number of carbonyl (C=O) groups excluding carboxylic acids is 1. The summed E-state index contributed by atoms with van der Waals surface area (Å²) in [4.78, 5) is 27.6. The maximum atomic E-state index is 10.7. The van der Waals surface area contributed by atoms with Gasteiger partial charge in [0.1, 0.15) is 6.04 Å². The molecule has 76 valence electrons. The van der Waals surface area contributed by atoms with Crippen molar-refractivity contribution >= 4 is 12.0 Å². The Kier molecular flexibility index (Phi) is 3.05. The Balaban J connectivity index is 2.60. The van der Waals surface area contributed by atoms with Gasteiger partial charge in [0.15, 0.2) is 0 Å². The molecule has 0 aliphatic rings. The number of aromatic amines is 1. The van der Waals surface area contributed by atoms with Gasteiger partial charge in [-0.3, -0.25) is 0 Å². The smallest absolute Gasteiger partial charge is 0.326 e. The van der Waals surface area contributed by atoms with E-state index in [0.29, 0.717) is 5.69 Å². The molecular weight excluding hydrogens is 188 g/mol. The predicted molar refractivity (Wildman–Crippen MR) is 46.4 cm³/mol. The first-order valence-electron chi connectivity index (χ1n) is 3.85. The van der Waals surface area contributed by atoms with Crippen molar-refractivity contribution < 1.29 is 14.7 Å². The largest absolute Gasteiger partial charge is 0.480 e. The number of nitrogens with one attached hydrogen (secondary N) is 2. The van der Waals surface area contributed by atoms with E-state index < -0.39 is 18.0 Å². The van der Waals surface area contributed by atoms with Crippen LogP contribution in [0.4, 0.5) is 4.79 Å². The van der Waals surface area contributed by atoms with Gasteiger partial charge in [0, 0.05) is 18.3 Å². The first-order valence-corrected chi connectivity index (χ1v) is 3.85. The normalized spacial score (nSPS) is 12.0. The number of H-pyrrole nitrogens is 1. The van der Waals surface area contributed by atoms with Gasteiger partial charge in [-0.15, -0.1) is 0 Å². The van der Waals surface area contributed by atoms with E-state index >= 15 is 0 Å². The van der Waals surface area contributed by atoms with Crippen LogP contribution in [0.2, 0.25) is 0 Å². The van der Waals surface area contributed by atoms with Crippen molar-refractivity contribution in [1.29, 1.82) is 0 Å². The molecule has 1 aromatic rings. The highest BCUT2D eigenvalue weighted by Gasteiger charge is 2.19. The number of rotatable bonds is 4. The van der Waals surface area contributed by atoms with E-state index in [4.69, 9.17) is 10.8 Å². The van der Waals surface area contributed by atoms with Gasteiger partial charge in [-0.25, -0.2) is 14.6 Å². The molecule has 0 bridgehead atoms. The van der Waals surface area contributed by atoms with Crippen LogP contribution in [0.5, 0.6) is 0 Å². The first-order chi connectivity index (χ1) is 6.59. The molecule has 0 aliphatic carbocycles. The second-order valence-electron chi connectivity index (χ2n) is 2.68. The predicted octanol–water partition coefficient (Wildman–Crippen LogP) is -0.926. The average molecular weight is 198 g/mol. The molecule has 0 saturated heterocycles. The number of urea groups is 1. The molecule has 0 unspecified atom stereocenters. The lowest BCUT2D eigenvalue weighted by molar-refractivity contribution is -0.139. The van der Waals surface area contributed by atoms with Crippen LogP contribution in [0.25, 0.3) is 0 Å². The van der Waals surface area contributed by atoms with E-state index in [-0.39, 0.29) is 6.42 Å². The van der Waals surface area contributed by atoms with Crippen LogP contribution < -0.4 is 11.1 Å². The third kappa shape index (κ3) is 2.77. The SMILES string of the molecule is NC(=O)N[C@H](Cc1cnc[nH]1)C(=O)O. The Morgan fingerprint density at radius 2 is 2.43 bits per heavy atom. The number of imidazole rings is 1. The average Bonchev–Trinajstić information content (AvgIpc) is 2.54. The number of carboxylic acid groups (broad SMARTS) is 1. The fourth-order valence-electron chi connectivity index (χ4n) is 0.988. The van der Waals surface area contributed by atoms with Gasteiger partial charge in [0.2, 0.25) is 0 Å². The Morgan fingerprint density at radius 3 is 2.86 bits per heavy atom. The summed E-state index contributed by atoms with van der Waals surface area (Å²) >= 11 is 0. The molecule has 7 nitrogen and oxygen atoms in total. The van der Waals surface area contributed by atoms with Crippen molar-refractivity contribution in [3.05, 3.63) is 18.2 Å². The van der Waals surface area contributed by atoms with Gasteiger partial charge in [0.25, 0.3) is 0 Å². The van der Waals surface area contributed by atoms with Gasteiger partial charge in [-0.1, -0.05) is 0 Å². The standard InChI is InChI=1S/C7H10N4O3/c8-7(14)11-5(6(12)13)1-4-2-9-3-10-4/h2-3,5H,1H2,(H,9,10)(H,12,13)(H3,8,11,14)/t5-/m1/s1. The molecule has 0 radical (unpaired) electrons. The second kappa shape index (κ2) is 4.26. The Bertz CT molecular complexity index is 322. The van der Waals surface area contributed by atoms with E-state index in [1.54, 1.807) is 0 Å². The number of carbonyl (C=O) groups is 2. The lowest BCUT2D eigenvalue weighted by Crippen LogP contribution is -2.44. The quantitative estimate of drug-likeness (QED) is 0.499. The summed E-state index contributed by atoms with van der Waals surface area (Å²) in [5.74, 6) is -1.14. The van der Waals surface area contributed by atoms with Gasteiger partial charge in [-0.05, 0) is 0 Å². The lowest BCUT2D eigenvalue weighted by atomic mass is 10.2. The van der Waals surface area contributed by atoms with Crippen LogP contribution in [0.1, 0.15) is 5.69 Å². The third-order valence-corrected chi connectivity index (χ3v) is 1.59. The molecule has 1 aromatic heterocycles. The molecule has 0 saturated carbocycles. The topological polar surface area (TPSA) is 121 Å². The molecule has 0 spiro atoms. The number of nitrogens with zero attached hydrogens (tertiary/aromatic N) is 1. The highest BCUT2D eigenvalue weighted by atomic mass is 16.4. The van der Waals surface area contributed by atoms with Crippen LogP contribution in [-0.2, 0) is 11.2 Å². The Morgan fingerprint density at radius 1 is 1.71 bits per heavy atom. The highest BCUT2D eigenvalue weighted by Crippen LogP contribution is 1.98. The molecule has 0 aliphatic heterocycles. The van der Waals surface area contributed by atoms with E-state index in [1.807, 2.05) is 0 Å². The molecule has 0 fully saturated rings. The van der Waals surface area contributed by atoms with Gasteiger partial charge in [-0.2, -0.15) is 0 Å². The summed E-state index contributed by atoms with van der Waals surface area (Å²) in [6.07, 6.45) is 3.04. The van der Waals surface area contributed by atoms with Crippen LogP contribution in [0.15, 0.2) is 12.5 Å². The van der Waals surface area contributed by atoms with E-state index in [1.165, 1.54) is 12.5 Å². The minimum absolute atomic E-state index is 0.123. The van der Waals surface area contributed by atoms with Crippen LogP contribution in [0, 0.1) is 0 Å². The summed E-state index contributed by atoms with van der Waals surface area (Å²) in [5, 5.41) is 10.8. The number of nitrogens with two attached hydrogens (primary N) is 1. The molecule has 14 heavy (non-hydrogen) atoms. The Labute approximate surface area is 79.3 Å². The molecule has 5 N–H and O–H groups in total. The molecule has 0 aromatic carbocycles. The minimum atomic E-state index is -1.14. The minimum Gasteiger partial charge on any atom is -0.480 e. The maximum absolute atomic E-state index is 10.7. The zero-order valence-electron chi connectivity index (χ0n) is 7.23. The molecule has 1 rings (SSSR count). The van der Waals surface area contributed by atoms with E-state index in [0.717, 1.165) is 0 Å². The van der Waals surface area contributed by atoms with Crippen molar-refractivity contribution in [2.24, 2.45) is 5.73 Å². The zero-order chi connectivity index (χ0) is 10.6. The maximum Gasteiger partial charge on any atom is 0.326 e. The fraction of sp³-hybridized carbons (Fsp3) is 0.286. The van der Waals surface area contributed by atoms with E-state index in [9.17, 15) is 9.59 Å². The monoisotopic (exact) mass is 198 g/mol. The van der Waals surface area contributed by atoms with Crippen molar-refractivity contribution in [2.75, 3.05) is 0 Å². The summed E-state index contributed by atoms with van der Waals surface area (Å²) < 4.78 is 0. The summed E-state index contributed by atoms with van der Waals surface area (Å²) in [6.45, 7) is 0. The number of carboxylic acids is 1. The number of aliphatic carboxylic acids is 1. The molecule has 1 heterocycles. The van der Waals surface area contributed by atoms with Crippen molar-refractivity contribution in [1.82, 2.24) is 15.3 Å². The fourth-order valence-corrected chi connectivity index (χ4v) is 0.988. The highest BCUT2D eigenvalue weighted by molar-refractivity contribution is 5.81. The summed E-state index contributed by atoms with van der Waals surface area (Å²) in [7, 11) is 0. The second-order valence-corrected chi connectivity index (χ2v) is 2.68. The summed E-state index contributed by atoms with van der Waals surface area (Å²) in [6, 6.07) is -1.90. The molecule has 7 heteroatoms. The number of hydrogen-bond donors (Lipinski definition) is 4. The summed E-state index contributed by atoms with van der Waals surface area (Å²) in [5.41, 5.74) is 5.44. The third-order valence-electron chi connectivity index (χ3n) is 1.59. The van der Waals surface area contributed by atoms with Crippen LogP contribution in [-0.4, -0.2) is 33.1 Å². The number of hydrogen-bond acceptors (Lipinski definition) is 3. The molecule has 1 atom stereocenters. The lowest BCUT2D eigenvalue weighted by Gasteiger charge is -2.10. The molecular formula is C7H10N4O3. The number of amides is 2.